The van der Waals surface area contributed by atoms with E-state index in [1.165, 1.54) is 37.8 Å². The standard InChI is InChI=1S/C20H19BrS/c1-12-9-16-13(2)17-11-20(21)22-19(17)10-18(16)15(12)8-7-14-5-3-4-6-14/h3-5,10-11H,6-9H2,1-2H3. The van der Waals surface area contributed by atoms with Crippen molar-refractivity contribution in [3.05, 3.63) is 62.0 Å². The Labute approximate surface area is 144 Å². The van der Waals surface area contributed by atoms with Crippen molar-refractivity contribution in [2.45, 2.75) is 39.5 Å². The maximum Gasteiger partial charge on any atom is 0.0711 e. The summed E-state index contributed by atoms with van der Waals surface area (Å²) in [4.78, 5) is 0. The van der Waals surface area contributed by atoms with Crippen molar-refractivity contribution in [3.8, 4) is 0 Å². The van der Waals surface area contributed by atoms with Gasteiger partial charge in [0.2, 0.25) is 0 Å². The Kier molecular flexibility index (Phi) is 3.62. The summed E-state index contributed by atoms with van der Waals surface area (Å²) in [5.74, 6) is 0. The maximum atomic E-state index is 3.64. The van der Waals surface area contributed by atoms with Gasteiger partial charge in [-0.1, -0.05) is 29.4 Å². The van der Waals surface area contributed by atoms with E-state index in [0.29, 0.717) is 0 Å². The first kappa shape index (κ1) is 14.5. The second-order valence-electron chi connectivity index (χ2n) is 6.38. The van der Waals surface area contributed by atoms with Gasteiger partial charge in [-0.3, -0.25) is 0 Å². The summed E-state index contributed by atoms with van der Waals surface area (Å²) in [7, 11) is 0. The number of hydrogen-bond acceptors (Lipinski definition) is 1. The average molecular weight is 371 g/mol. The van der Waals surface area contributed by atoms with Crippen LogP contribution in [0.4, 0.5) is 0 Å². The lowest BCUT2D eigenvalue weighted by Crippen LogP contribution is -1.90. The Morgan fingerprint density at radius 3 is 2.82 bits per heavy atom. The van der Waals surface area contributed by atoms with Crippen molar-refractivity contribution in [3.63, 3.8) is 0 Å². The number of rotatable bonds is 3. The third kappa shape index (κ3) is 2.33. The van der Waals surface area contributed by atoms with Crippen LogP contribution in [0.15, 0.2) is 45.3 Å². The fraction of sp³-hybridized carbons (Fsp3) is 0.300. The fourth-order valence-corrected chi connectivity index (χ4v) is 5.40. The summed E-state index contributed by atoms with van der Waals surface area (Å²) in [5.41, 5.74) is 9.29. The Morgan fingerprint density at radius 2 is 2.05 bits per heavy atom. The van der Waals surface area contributed by atoms with E-state index in [4.69, 9.17) is 0 Å². The van der Waals surface area contributed by atoms with Crippen LogP contribution >= 0.6 is 27.3 Å². The van der Waals surface area contributed by atoms with Crippen molar-refractivity contribution < 1.29 is 0 Å². The van der Waals surface area contributed by atoms with E-state index in [2.05, 4.69) is 60.1 Å². The van der Waals surface area contributed by atoms with E-state index in [1.54, 1.807) is 22.3 Å². The smallest absolute Gasteiger partial charge is 0.0711 e. The molecule has 0 spiro atoms. The molecule has 1 aromatic heterocycles. The van der Waals surface area contributed by atoms with Crippen LogP contribution in [0.5, 0.6) is 0 Å². The molecule has 22 heavy (non-hydrogen) atoms. The Balaban J connectivity index is 1.71. The molecular weight excluding hydrogens is 352 g/mol. The van der Waals surface area contributed by atoms with Gasteiger partial charge < -0.3 is 0 Å². The highest BCUT2D eigenvalue weighted by molar-refractivity contribution is 9.11. The van der Waals surface area contributed by atoms with Gasteiger partial charge in [-0.05, 0) is 95.2 Å². The van der Waals surface area contributed by atoms with Crippen molar-refractivity contribution in [1.82, 2.24) is 0 Å². The molecule has 0 saturated carbocycles. The molecule has 0 nitrogen and oxygen atoms in total. The van der Waals surface area contributed by atoms with Gasteiger partial charge in [0.15, 0.2) is 0 Å². The minimum Gasteiger partial charge on any atom is -0.128 e. The van der Waals surface area contributed by atoms with E-state index in [0.717, 1.165) is 12.8 Å². The van der Waals surface area contributed by atoms with Crippen molar-refractivity contribution in [1.29, 1.82) is 0 Å². The zero-order chi connectivity index (χ0) is 15.3. The molecule has 0 N–H and O–H groups in total. The number of thiophene rings is 1. The van der Waals surface area contributed by atoms with E-state index in [-0.39, 0.29) is 0 Å². The Morgan fingerprint density at radius 1 is 1.18 bits per heavy atom. The quantitative estimate of drug-likeness (QED) is 0.547. The first-order valence-electron chi connectivity index (χ1n) is 7.88. The van der Waals surface area contributed by atoms with Gasteiger partial charge in [0.1, 0.15) is 0 Å². The molecule has 112 valence electrons. The molecule has 2 aromatic rings. The van der Waals surface area contributed by atoms with Crippen LogP contribution in [0.25, 0.3) is 15.7 Å². The molecule has 2 aliphatic carbocycles. The van der Waals surface area contributed by atoms with Crippen LogP contribution in [0, 0.1) is 6.92 Å². The van der Waals surface area contributed by atoms with Crippen molar-refractivity contribution in [2.24, 2.45) is 0 Å². The summed E-state index contributed by atoms with van der Waals surface area (Å²) in [5, 5.41) is 1.42. The molecule has 0 unspecified atom stereocenters. The molecule has 0 aliphatic heterocycles. The van der Waals surface area contributed by atoms with Crippen LogP contribution < -0.4 is 0 Å². The largest absolute Gasteiger partial charge is 0.128 e. The molecule has 4 rings (SSSR count). The number of fused-ring (bicyclic) bond motifs is 2. The third-order valence-electron chi connectivity index (χ3n) is 5.01. The van der Waals surface area contributed by atoms with Gasteiger partial charge in [-0.2, -0.15) is 0 Å². The van der Waals surface area contributed by atoms with Gasteiger partial charge in [-0.25, -0.2) is 0 Å². The summed E-state index contributed by atoms with van der Waals surface area (Å²) < 4.78 is 2.65. The summed E-state index contributed by atoms with van der Waals surface area (Å²) in [6.45, 7) is 4.61. The van der Waals surface area contributed by atoms with Crippen molar-refractivity contribution in [2.75, 3.05) is 0 Å². The fourth-order valence-electron chi connectivity index (χ4n) is 3.77. The van der Waals surface area contributed by atoms with E-state index in [9.17, 15) is 0 Å². The lowest BCUT2D eigenvalue weighted by atomic mass is 9.95. The van der Waals surface area contributed by atoms with Gasteiger partial charge in [-0.15, -0.1) is 11.3 Å². The number of aryl methyl sites for hydroxylation is 1. The normalized spacial score (nSPS) is 16.8. The molecule has 0 amide bonds. The van der Waals surface area contributed by atoms with Crippen LogP contribution in [-0.4, -0.2) is 0 Å². The number of hydrogen-bond donors (Lipinski definition) is 0. The number of allylic oxidation sites excluding steroid dienone is 6. The SMILES string of the molecule is CC1=C(CCC2=CC=CC2)c2cc3sc(Br)cc3c(C)c2C1. The van der Waals surface area contributed by atoms with E-state index >= 15 is 0 Å². The third-order valence-corrected chi connectivity index (χ3v) is 6.60. The van der Waals surface area contributed by atoms with Crippen LogP contribution in [0.2, 0.25) is 0 Å². The predicted octanol–water partition coefficient (Wildman–Crippen LogP) is 6.97. The number of halogens is 1. The second-order valence-corrected chi connectivity index (χ2v) is 8.85. The minimum atomic E-state index is 1.14. The molecule has 1 aromatic carbocycles. The molecule has 0 radical (unpaired) electrons. The molecule has 0 saturated heterocycles. The van der Waals surface area contributed by atoms with Crippen LogP contribution in [0.3, 0.4) is 0 Å². The molecule has 2 aliphatic rings. The summed E-state index contributed by atoms with van der Waals surface area (Å²) in [6.07, 6.45) is 11.4. The first-order valence-corrected chi connectivity index (χ1v) is 9.49. The van der Waals surface area contributed by atoms with Gasteiger partial charge >= 0.3 is 0 Å². The highest BCUT2D eigenvalue weighted by atomic mass is 79.9. The second kappa shape index (κ2) is 5.50. The number of benzene rings is 1. The topological polar surface area (TPSA) is 0 Å². The van der Waals surface area contributed by atoms with Gasteiger partial charge in [0.05, 0.1) is 3.79 Å². The highest BCUT2D eigenvalue weighted by Gasteiger charge is 2.22. The van der Waals surface area contributed by atoms with Crippen LogP contribution in [0.1, 0.15) is 42.9 Å². The average Bonchev–Trinajstić information content (AvgIpc) is 3.17. The van der Waals surface area contributed by atoms with E-state index in [1.807, 2.05) is 11.3 Å². The van der Waals surface area contributed by atoms with Gasteiger partial charge in [0, 0.05) is 4.70 Å². The van der Waals surface area contributed by atoms with Crippen LogP contribution in [-0.2, 0) is 6.42 Å². The summed E-state index contributed by atoms with van der Waals surface area (Å²) in [6, 6.07) is 4.71. The predicted molar refractivity (Wildman–Crippen MR) is 102 cm³/mol. The first-order chi connectivity index (χ1) is 10.6. The highest BCUT2D eigenvalue weighted by Crippen LogP contribution is 2.43. The van der Waals surface area contributed by atoms with E-state index < -0.39 is 0 Å². The van der Waals surface area contributed by atoms with Gasteiger partial charge in [0.25, 0.3) is 0 Å². The molecule has 0 fully saturated rings. The lowest BCUT2D eigenvalue weighted by Gasteiger charge is -2.10. The molecule has 0 atom stereocenters. The lowest BCUT2D eigenvalue weighted by molar-refractivity contribution is 0.959. The monoisotopic (exact) mass is 370 g/mol. The zero-order valence-corrected chi connectivity index (χ0v) is 15.4. The Bertz CT molecular complexity index is 861. The summed E-state index contributed by atoms with van der Waals surface area (Å²) >= 11 is 5.49. The minimum absolute atomic E-state index is 1.14. The molecular formula is C20H19BrS. The molecule has 2 heteroatoms. The zero-order valence-electron chi connectivity index (χ0n) is 13.0. The maximum absolute atomic E-state index is 3.64. The molecule has 0 bridgehead atoms. The molecule has 1 heterocycles. The Hall–Kier alpha value is -1.12. The van der Waals surface area contributed by atoms with Crippen molar-refractivity contribution >= 4 is 42.9 Å².